The Balaban J connectivity index is 2.41. The third kappa shape index (κ3) is 4.11. The zero-order chi connectivity index (χ0) is 19.5. The van der Waals surface area contributed by atoms with E-state index >= 15 is 0 Å². The van der Waals surface area contributed by atoms with Crippen molar-refractivity contribution in [3.05, 3.63) is 47.0 Å². The van der Waals surface area contributed by atoms with Crippen LogP contribution in [0.4, 0.5) is 0 Å². The van der Waals surface area contributed by atoms with Gasteiger partial charge in [0.05, 0.1) is 26.2 Å². The van der Waals surface area contributed by atoms with E-state index in [0.717, 1.165) is 0 Å². The molecule has 2 rings (SSSR count). The van der Waals surface area contributed by atoms with E-state index in [1.807, 2.05) is 0 Å². The Bertz CT molecular complexity index is 870. The van der Waals surface area contributed by atoms with Crippen molar-refractivity contribution in [3.63, 3.8) is 0 Å². The minimum absolute atomic E-state index is 0.256. The van der Waals surface area contributed by atoms with Crippen LogP contribution in [0, 0.1) is 13.8 Å². The quantitative estimate of drug-likeness (QED) is 0.798. The Kier molecular flexibility index (Phi) is 6.15. The van der Waals surface area contributed by atoms with E-state index in [0.29, 0.717) is 33.9 Å². The molecule has 0 saturated carbocycles. The molecule has 0 saturated heterocycles. The molecule has 1 atom stereocenters. The summed E-state index contributed by atoms with van der Waals surface area (Å²) in [6, 6.07) is 8.19. The first-order valence-corrected chi connectivity index (χ1v) is 9.61. The second-order valence-corrected chi connectivity index (χ2v) is 7.69. The fourth-order valence-corrected chi connectivity index (χ4v) is 4.66. The average molecular weight is 379 g/mol. The predicted molar refractivity (Wildman–Crippen MR) is 101 cm³/mol. The van der Waals surface area contributed by atoms with Crippen molar-refractivity contribution in [3.8, 4) is 17.2 Å². The highest BCUT2D eigenvalue weighted by Crippen LogP contribution is 2.31. The van der Waals surface area contributed by atoms with Crippen LogP contribution in [-0.2, 0) is 10.0 Å². The van der Waals surface area contributed by atoms with Gasteiger partial charge in [-0.05, 0) is 62.2 Å². The molecule has 6 nitrogen and oxygen atoms in total. The van der Waals surface area contributed by atoms with E-state index in [1.54, 1.807) is 72.4 Å². The van der Waals surface area contributed by atoms with Gasteiger partial charge in [-0.3, -0.25) is 0 Å². The molecule has 0 heterocycles. The zero-order valence-corrected chi connectivity index (χ0v) is 16.7. The first-order chi connectivity index (χ1) is 12.2. The molecular formula is C19H25NO5S. The summed E-state index contributed by atoms with van der Waals surface area (Å²) in [5, 5.41) is 0. The highest BCUT2D eigenvalue weighted by molar-refractivity contribution is 7.89. The van der Waals surface area contributed by atoms with Crippen LogP contribution in [0.3, 0.4) is 0 Å². The first kappa shape index (κ1) is 20.1. The third-order valence-corrected chi connectivity index (χ3v) is 6.02. The Morgan fingerprint density at radius 1 is 0.885 bits per heavy atom. The van der Waals surface area contributed by atoms with E-state index < -0.39 is 16.1 Å². The Morgan fingerprint density at radius 3 is 1.96 bits per heavy atom. The number of rotatable bonds is 7. The first-order valence-electron chi connectivity index (χ1n) is 8.13. The lowest BCUT2D eigenvalue weighted by Crippen LogP contribution is -2.28. The number of ether oxygens (including phenoxy) is 3. The molecule has 0 aliphatic rings. The van der Waals surface area contributed by atoms with Crippen molar-refractivity contribution in [1.82, 2.24) is 4.72 Å². The maximum atomic E-state index is 13.0. The number of hydrogen-bond donors (Lipinski definition) is 1. The Labute approximate surface area is 155 Å². The summed E-state index contributed by atoms with van der Waals surface area (Å²) in [5.41, 5.74) is 1.94. The number of methoxy groups -OCH3 is 3. The zero-order valence-electron chi connectivity index (χ0n) is 15.9. The van der Waals surface area contributed by atoms with E-state index in [4.69, 9.17) is 14.2 Å². The molecule has 0 fully saturated rings. The fourth-order valence-electron chi connectivity index (χ4n) is 2.99. The lowest BCUT2D eigenvalue weighted by atomic mass is 10.1. The number of nitrogens with one attached hydrogen (secondary N) is 1. The maximum absolute atomic E-state index is 13.0. The molecule has 26 heavy (non-hydrogen) atoms. The fraction of sp³-hybridized carbons (Fsp3) is 0.368. The van der Waals surface area contributed by atoms with Gasteiger partial charge in [0, 0.05) is 11.6 Å². The summed E-state index contributed by atoms with van der Waals surface area (Å²) in [6.07, 6.45) is 0. The molecule has 0 spiro atoms. The van der Waals surface area contributed by atoms with Crippen LogP contribution in [0.1, 0.15) is 29.7 Å². The van der Waals surface area contributed by atoms with Crippen LogP contribution in [0.15, 0.2) is 35.2 Å². The van der Waals surface area contributed by atoms with Crippen LogP contribution >= 0.6 is 0 Å². The van der Waals surface area contributed by atoms with Gasteiger partial charge in [0.1, 0.15) is 17.2 Å². The maximum Gasteiger partial charge on any atom is 0.241 e. The summed E-state index contributed by atoms with van der Waals surface area (Å²) in [6.45, 7) is 5.27. The number of benzene rings is 2. The van der Waals surface area contributed by atoms with Crippen LogP contribution in [0.5, 0.6) is 17.2 Å². The summed E-state index contributed by atoms with van der Waals surface area (Å²) < 4.78 is 44.5. The van der Waals surface area contributed by atoms with Crippen molar-refractivity contribution < 1.29 is 22.6 Å². The minimum Gasteiger partial charge on any atom is -0.497 e. The lowest BCUT2D eigenvalue weighted by Gasteiger charge is -2.20. The van der Waals surface area contributed by atoms with Gasteiger partial charge in [-0.1, -0.05) is 0 Å². The van der Waals surface area contributed by atoms with E-state index in [2.05, 4.69) is 4.72 Å². The molecule has 0 amide bonds. The Morgan fingerprint density at radius 2 is 1.46 bits per heavy atom. The van der Waals surface area contributed by atoms with Gasteiger partial charge in [0.25, 0.3) is 0 Å². The van der Waals surface area contributed by atoms with Gasteiger partial charge in [-0.25, -0.2) is 13.1 Å². The molecule has 7 heteroatoms. The second-order valence-electron chi connectivity index (χ2n) is 6.04. The molecule has 2 aromatic carbocycles. The summed E-state index contributed by atoms with van der Waals surface area (Å²) >= 11 is 0. The summed E-state index contributed by atoms with van der Waals surface area (Å²) in [4.78, 5) is 0.256. The highest BCUT2D eigenvalue weighted by atomic mass is 32.2. The summed E-state index contributed by atoms with van der Waals surface area (Å²) in [5.74, 6) is 1.84. The normalized spacial score (nSPS) is 12.5. The average Bonchev–Trinajstić information content (AvgIpc) is 2.59. The van der Waals surface area contributed by atoms with Gasteiger partial charge in [0.15, 0.2) is 0 Å². The van der Waals surface area contributed by atoms with Crippen molar-refractivity contribution in [2.24, 2.45) is 0 Å². The monoisotopic (exact) mass is 379 g/mol. The van der Waals surface area contributed by atoms with Crippen molar-refractivity contribution in [2.75, 3.05) is 21.3 Å². The molecule has 2 aromatic rings. The van der Waals surface area contributed by atoms with Crippen LogP contribution in [-0.4, -0.2) is 29.7 Å². The predicted octanol–water partition coefficient (Wildman–Crippen LogP) is 3.37. The van der Waals surface area contributed by atoms with E-state index in [1.165, 1.54) is 0 Å². The molecular weight excluding hydrogens is 354 g/mol. The molecule has 1 unspecified atom stereocenters. The SMILES string of the molecule is COc1cc(C)c(S(=O)(=O)NC(C)c2cc(OC)ccc2OC)c(C)c1. The third-order valence-electron chi connectivity index (χ3n) is 4.17. The van der Waals surface area contributed by atoms with Gasteiger partial charge < -0.3 is 14.2 Å². The second kappa shape index (κ2) is 7.97. The summed E-state index contributed by atoms with van der Waals surface area (Å²) in [7, 11) is 0.919. The van der Waals surface area contributed by atoms with Crippen molar-refractivity contribution >= 4 is 10.0 Å². The largest absolute Gasteiger partial charge is 0.497 e. The molecule has 0 radical (unpaired) electrons. The minimum atomic E-state index is -3.74. The molecule has 0 aromatic heterocycles. The van der Waals surface area contributed by atoms with Crippen LogP contribution in [0.25, 0.3) is 0 Å². The molecule has 1 N–H and O–H groups in total. The van der Waals surface area contributed by atoms with Crippen LogP contribution < -0.4 is 18.9 Å². The molecule has 0 aliphatic carbocycles. The highest BCUT2D eigenvalue weighted by Gasteiger charge is 2.24. The van der Waals surface area contributed by atoms with E-state index in [9.17, 15) is 8.42 Å². The van der Waals surface area contributed by atoms with Crippen LogP contribution in [0.2, 0.25) is 0 Å². The molecule has 0 aliphatic heterocycles. The topological polar surface area (TPSA) is 73.9 Å². The number of aryl methyl sites for hydroxylation is 2. The standard InChI is InChI=1S/C19H25NO5S/c1-12-9-16(24-5)10-13(2)19(12)26(21,22)20-14(3)17-11-15(23-4)7-8-18(17)25-6/h7-11,14,20H,1-6H3. The van der Waals surface area contributed by atoms with Crippen molar-refractivity contribution in [2.45, 2.75) is 31.7 Å². The Hall–Kier alpha value is -2.25. The number of sulfonamides is 1. The smallest absolute Gasteiger partial charge is 0.241 e. The number of hydrogen-bond acceptors (Lipinski definition) is 5. The van der Waals surface area contributed by atoms with Crippen molar-refractivity contribution in [1.29, 1.82) is 0 Å². The lowest BCUT2D eigenvalue weighted by molar-refractivity contribution is 0.395. The van der Waals surface area contributed by atoms with Gasteiger partial charge in [-0.2, -0.15) is 0 Å². The molecule has 0 bridgehead atoms. The molecule has 142 valence electrons. The van der Waals surface area contributed by atoms with E-state index in [-0.39, 0.29) is 4.90 Å². The van der Waals surface area contributed by atoms with Gasteiger partial charge >= 0.3 is 0 Å². The van der Waals surface area contributed by atoms with Gasteiger partial charge in [0.2, 0.25) is 10.0 Å². The van der Waals surface area contributed by atoms with Gasteiger partial charge in [-0.15, -0.1) is 0 Å².